The summed E-state index contributed by atoms with van der Waals surface area (Å²) in [4.78, 5) is 26.9. The average Bonchev–Trinajstić information content (AvgIpc) is 3.27. The van der Waals surface area contributed by atoms with Gasteiger partial charge in [0.1, 0.15) is 5.75 Å². The highest BCUT2D eigenvalue weighted by Crippen LogP contribution is 2.26. The Labute approximate surface area is 182 Å². The van der Waals surface area contributed by atoms with Gasteiger partial charge in [-0.25, -0.2) is 4.98 Å². The predicted octanol–water partition coefficient (Wildman–Crippen LogP) is 5.40. The monoisotopic (exact) mass is 431 g/mol. The van der Waals surface area contributed by atoms with E-state index in [0.29, 0.717) is 16.6 Å². The average molecular weight is 431 g/mol. The van der Waals surface area contributed by atoms with Gasteiger partial charge in [-0.3, -0.25) is 20.2 Å². The highest BCUT2D eigenvalue weighted by Gasteiger charge is 2.11. The molecule has 1 aromatic heterocycles. The number of benzene rings is 3. The minimum Gasteiger partial charge on any atom is -0.484 e. The molecule has 154 valence electrons. The van der Waals surface area contributed by atoms with Gasteiger partial charge < -0.3 is 4.74 Å². The Morgan fingerprint density at radius 3 is 2.26 bits per heavy atom. The number of hydrogen-bond acceptors (Lipinski definition) is 6. The van der Waals surface area contributed by atoms with E-state index >= 15 is 0 Å². The first-order valence-electron chi connectivity index (χ1n) is 9.37. The SMILES string of the molecule is O=C(COc1ccc(-c2ccccc2)cc1)Nc1nc(-c2ccc([N+](=O)[O-])cc2)cs1. The molecule has 1 heterocycles. The Kier molecular flexibility index (Phi) is 6.00. The summed E-state index contributed by atoms with van der Waals surface area (Å²) in [7, 11) is 0. The number of nitrogens with one attached hydrogen (secondary N) is 1. The summed E-state index contributed by atoms with van der Waals surface area (Å²) < 4.78 is 5.56. The fourth-order valence-corrected chi connectivity index (χ4v) is 3.63. The number of hydrogen-bond donors (Lipinski definition) is 1. The molecular weight excluding hydrogens is 414 g/mol. The number of aromatic nitrogens is 1. The van der Waals surface area contributed by atoms with E-state index in [9.17, 15) is 14.9 Å². The minimum atomic E-state index is -0.453. The van der Waals surface area contributed by atoms with Crippen LogP contribution in [0.5, 0.6) is 5.75 Å². The van der Waals surface area contributed by atoms with Crippen molar-refractivity contribution in [2.45, 2.75) is 0 Å². The predicted molar refractivity (Wildman–Crippen MR) is 120 cm³/mol. The van der Waals surface area contributed by atoms with Crippen LogP contribution in [-0.2, 0) is 4.79 Å². The third-order valence-corrected chi connectivity index (χ3v) is 5.21. The van der Waals surface area contributed by atoms with Crippen molar-refractivity contribution < 1.29 is 14.5 Å². The first-order chi connectivity index (χ1) is 15.1. The number of carbonyl (C=O) groups excluding carboxylic acids is 1. The molecule has 0 aliphatic heterocycles. The van der Waals surface area contributed by atoms with Crippen molar-refractivity contribution in [2.24, 2.45) is 0 Å². The molecule has 0 atom stereocenters. The zero-order chi connectivity index (χ0) is 21.6. The van der Waals surface area contributed by atoms with Gasteiger partial charge in [0.05, 0.1) is 10.6 Å². The molecule has 0 fully saturated rings. The van der Waals surface area contributed by atoms with Gasteiger partial charge in [0, 0.05) is 23.1 Å². The van der Waals surface area contributed by atoms with Crippen LogP contribution in [0.2, 0.25) is 0 Å². The molecule has 1 amide bonds. The van der Waals surface area contributed by atoms with Crippen LogP contribution in [0.4, 0.5) is 10.8 Å². The van der Waals surface area contributed by atoms with Crippen LogP contribution >= 0.6 is 11.3 Å². The summed E-state index contributed by atoms with van der Waals surface area (Å²) >= 11 is 1.27. The third-order valence-electron chi connectivity index (χ3n) is 4.46. The summed E-state index contributed by atoms with van der Waals surface area (Å²) in [5.41, 5.74) is 3.56. The number of thiazole rings is 1. The number of carbonyl (C=O) groups is 1. The lowest BCUT2D eigenvalue weighted by Gasteiger charge is -2.07. The summed E-state index contributed by atoms with van der Waals surface area (Å²) in [6.07, 6.45) is 0. The molecule has 1 N–H and O–H groups in total. The number of nitro benzene ring substituents is 1. The smallest absolute Gasteiger partial charge is 0.269 e. The van der Waals surface area contributed by atoms with Crippen LogP contribution in [0, 0.1) is 10.1 Å². The first-order valence-corrected chi connectivity index (χ1v) is 10.2. The van der Waals surface area contributed by atoms with Crippen LogP contribution in [0.1, 0.15) is 0 Å². The Balaban J connectivity index is 1.32. The molecule has 4 rings (SSSR count). The molecular formula is C23H17N3O4S. The van der Waals surface area contributed by atoms with Gasteiger partial charge >= 0.3 is 0 Å². The summed E-state index contributed by atoms with van der Waals surface area (Å²) in [6.45, 7) is -0.142. The summed E-state index contributed by atoms with van der Waals surface area (Å²) in [5.74, 6) is 0.275. The molecule has 0 unspecified atom stereocenters. The lowest BCUT2D eigenvalue weighted by Crippen LogP contribution is -2.20. The zero-order valence-electron chi connectivity index (χ0n) is 16.2. The van der Waals surface area contributed by atoms with Crippen LogP contribution < -0.4 is 10.1 Å². The van der Waals surface area contributed by atoms with E-state index in [4.69, 9.17) is 4.74 Å². The van der Waals surface area contributed by atoms with E-state index in [1.54, 1.807) is 17.5 Å². The van der Waals surface area contributed by atoms with Crippen LogP contribution in [0.25, 0.3) is 22.4 Å². The maximum absolute atomic E-state index is 12.2. The normalized spacial score (nSPS) is 10.5. The number of nitrogens with zero attached hydrogens (tertiary/aromatic N) is 2. The molecule has 8 heteroatoms. The van der Waals surface area contributed by atoms with E-state index in [2.05, 4.69) is 10.3 Å². The molecule has 31 heavy (non-hydrogen) atoms. The lowest BCUT2D eigenvalue weighted by molar-refractivity contribution is -0.384. The highest BCUT2D eigenvalue weighted by atomic mass is 32.1. The van der Waals surface area contributed by atoms with Gasteiger partial charge in [-0.2, -0.15) is 0 Å². The van der Waals surface area contributed by atoms with Crippen molar-refractivity contribution in [3.05, 3.63) is 94.4 Å². The number of amides is 1. The maximum Gasteiger partial charge on any atom is 0.269 e. The molecule has 0 saturated heterocycles. The van der Waals surface area contributed by atoms with Gasteiger partial charge in [0.25, 0.3) is 11.6 Å². The second kappa shape index (κ2) is 9.19. The quantitative estimate of drug-likeness (QED) is 0.312. The summed E-state index contributed by atoms with van der Waals surface area (Å²) in [6, 6.07) is 23.6. The van der Waals surface area contributed by atoms with Crippen molar-refractivity contribution in [1.29, 1.82) is 0 Å². The number of ether oxygens (including phenoxy) is 1. The molecule has 4 aromatic rings. The number of non-ortho nitro benzene ring substituents is 1. The molecule has 7 nitrogen and oxygen atoms in total. The Bertz CT molecular complexity index is 1190. The number of rotatable bonds is 7. The van der Waals surface area contributed by atoms with Crippen molar-refractivity contribution in [3.8, 4) is 28.1 Å². The summed E-state index contributed by atoms with van der Waals surface area (Å²) in [5, 5.41) is 15.7. The molecule has 3 aromatic carbocycles. The van der Waals surface area contributed by atoms with E-state index in [1.165, 1.54) is 23.5 Å². The maximum atomic E-state index is 12.2. The van der Waals surface area contributed by atoms with E-state index in [0.717, 1.165) is 16.7 Å². The van der Waals surface area contributed by atoms with Crippen molar-refractivity contribution in [1.82, 2.24) is 4.98 Å². The fraction of sp³-hybridized carbons (Fsp3) is 0.0435. The Morgan fingerprint density at radius 2 is 1.58 bits per heavy atom. The van der Waals surface area contributed by atoms with Gasteiger partial charge in [0.15, 0.2) is 11.7 Å². The van der Waals surface area contributed by atoms with Crippen molar-refractivity contribution in [3.63, 3.8) is 0 Å². The third kappa shape index (κ3) is 5.12. The second-order valence-corrected chi connectivity index (χ2v) is 7.43. The van der Waals surface area contributed by atoms with Crippen molar-refractivity contribution >= 4 is 28.1 Å². The Hall–Kier alpha value is -4.04. The largest absolute Gasteiger partial charge is 0.484 e. The molecule has 0 radical (unpaired) electrons. The van der Waals surface area contributed by atoms with Crippen molar-refractivity contribution in [2.75, 3.05) is 11.9 Å². The molecule has 0 bridgehead atoms. The van der Waals surface area contributed by atoms with E-state index in [-0.39, 0.29) is 18.2 Å². The van der Waals surface area contributed by atoms with Crippen LogP contribution in [0.3, 0.4) is 0 Å². The standard InChI is InChI=1S/C23H17N3O4S/c27-22(14-30-20-12-8-17(9-13-20)16-4-2-1-3-5-16)25-23-24-21(15-31-23)18-6-10-19(11-7-18)26(28)29/h1-13,15H,14H2,(H,24,25,27). The number of anilines is 1. The van der Waals surface area contributed by atoms with Crippen LogP contribution in [0.15, 0.2) is 84.2 Å². The molecule has 0 aliphatic rings. The second-order valence-electron chi connectivity index (χ2n) is 6.57. The molecule has 0 aliphatic carbocycles. The number of nitro groups is 1. The topological polar surface area (TPSA) is 94.4 Å². The highest BCUT2D eigenvalue weighted by molar-refractivity contribution is 7.14. The molecule has 0 saturated carbocycles. The fourth-order valence-electron chi connectivity index (χ4n) is 2.90. The lowest BCUT2D eigenvalue weighted by atomic mass is 10.1. The van der Waals surface area contributed by atoms with Gasteiger partial charge in [-0.15, -0.1) is 11.3 Å². The van der Waals surface area contributed by atoms with E-state index in [1.807, 2.05) is 54.6 Å². The van der Waals surface area contributed by atoms with Gasteiger partial charge in [-0.1, -0.05) is 42.5 Å². The minimum absolute atomic E-state index is 0.0152. The first kappa shape index (κ1) is 20.2. The van der Waals surface area contributed by atoms with Crippen LogP contribution in [-0.4, -0.2) is 22.4 Å². The zero-order valence-corrected chi connectivity index (χ0v) is 17.0. The van der Waals surface area contributed by atoms with E-state index < -0.39 is 4.92 Å². The molecule has 0 spiro atoms. The van der Waals surface area contributed by atoms with Gasteiger partial charge in [-0.05, 0) is 35.4 Å². The van der Waals surface area contributed by atoms with Gasteiger partial charge in [0.2, 0.25) is 0 Å². The Morgan fingerprint density at radius 1 is 0.935 bits per heavy atom.